The first-order valence-corrected chi connectivity index (χ1v) is 2.89. The smallest absolute Gasteiger partial charge is 0.206 e. The van der Waals surface area contributed by atoms with Crippen molar-refractivity contribution in [3.8, 4) is 0 Å². The zero-order valence-electron chi connectivity index (χ0n) is 2.92. The summed E-state index contributed by atoms with van der Waals surface area (Å²) >= 11 is 1.75. The van der Waals surface area contributed by atoms with Gasteiger partial charge in [-0.3, -0.25) is 0 Å². The van der Waals surface area contributed by atoms with E-state index in [1.165, 1.54) is 0 Å². The summed E-state index contributed by atoms with van der Waals surface area (Å²) in [5, 5.41) is 0. The van der Waals surface area contributed by atoms with Crippen LogP contribution >= 0.6 is 22.6 Å². The molecule has 0 radical (unpaired) electrons. The van der Waals surface area contributed by atoms with Gasteiger partial charge in [-0.2, -0.15) is 0 Å². The van der Waals surface area contributed by atoms with E-state index in [2.05, 4.69) is 0 Å². The molecule has 0 heterocycles. The minimum atomic E-state index is -2.31. The first-order chi connectivity index (χ1) is 2.63. The van der Waals surface area contributed by atoms with Crippen molar-refractivity contribution in [3.05, 3.63) is 0 Å². The monoisotopic (exact) mass is 204 g/mol. The van der Waals surface area contributed by atoms with Crippen molar-refractivity contribution in [1.82, 2.24) is 0 Å². The summed E-state index contributed by atoms with van der Waals surface area (Å²) in [5.74, 6) is -2.31. The fraction of sp³-hybridized carbons (Fsp3) is 1.00. The maximum atomic E-state index is 11.5. The number of hydrogen-bond acceptors (Lipinski definition) is 0. The third-order valence-corrected chi connectivity index (χ3v) is 2.10. The van der Waals surface area contributed by atoms with Crippen LogP contribution in [0.3, 0.4) is 0 Å². The molecule has 0 bridgehead atoms. The Morgan fingerprint density at radius 1 is 1.67 bits per heavy atom. The Morgan fingerprint density at radius 3 is 1.83 bits per heavy atom. The van der Waals surface area contributed by atoms with Crippen LogP contribution in [0.5, 0.6) is 0 Å². The Balaban J connectivity index is 2.41. The highest BCUT2D eigenvalue weighted by molar-refractivity contribution is 14.1. The van der Waals surface area contributed by atoms with Gasteiger partial charge in [-0.05, 0) is 0 Å². The van der Waals surface area contributed by atoms with E-state index in [1.54, 1.807) is 22.6 Å². The van der Waals surface area contributed by atoms with Crippen molar-refractivity contribution in [2.45, 2.75) is 16.3 Å². The summed E-state index contributed by atoms with van der Waals surface area (Å²) in [6.07, 6.45) is 0.0908. The lowest BCUT2D eigenvalue weighted by Gasteiger charge is -1.80. The highest BCUT2D eigenvalue weighted by Crippen LogP contribution is 2.47. The second-order valence-electron chi connectivity index (χ2n) is 1.43. The van der Waals surface area contributed by atoms with Crippen LogP contribution in [0.4, 0.5) is 8.78 Å². The lowest BCUT2D eigenvalue weighted by molar-refractivity contribution is 0.124. The molecule has 3 heteroatoms. The largest absolute Gasteiger partial charge is 0.261 e. The van der Waals surface area contributed by atoms with Crippen LogP contribution in [0.15, 0.2) is 0 Å². The highest BCUT2D eigenvalue weighted by Gasteiger charge is 2.55. The third kappa shape index (κ3) is 0.643. The summed E-state index contributed by atoms with van der Waals surface area (Å²) in [5.41, 5.74) is 0. The molecule has 0 aromatic rings. The van der Waals surface area contributed by atoms with Crippen LogP contribution in [-0.4, -0.2) is 9.85 Å². The molecule has 0 unspecified atom stereocenters. The third-order valence-electron chi connectivity index (χ3n) is 0.750. The van der Waals surface area contributed by atoms with Gasteiger partial charge in [-0.25, -0.2) is 8.78 Å². The highest BCUT2D eigenvalue weighted by atomic mass is 127. The van der Waals surface area contributed by atoms with Gasteiger partial charge in [0.2, 0.25) is 0 Å². The lowest BCUT2D eigenvalue weighted by Crippen LogP contribution is -1.88. The molecule has 0 aromatic heterocycles. The second-order valence-corrected chi connectivity index (χ2v) is 2.94. The van der Waals surface area contributed by atoms with Gasteiger partial charge in [0.05, 0.1) is 3.92 Å². The molecule has 1 atom stereocenters. The van der Waals surface area contributed by atoms with Crippen LogP contribution in [0.2, 0.25) is 0 Å². The molecular formula is C3H3F2I. The molecule has 0 saturated heterocycles. The summed E-state index contributed by atoms with van der Waals surface area (Å²) in [6, 6.07) is 0. The van der Waals surface area contributed by atoms with Crippen molar-refractivity contribution in [2.24, 2.45) is 0 Å². The van der Waals surface area contributed by atoms with Gasteiger partial charge in [-0.1, -0.05) is 22.6 Å². The first-order valence-electron chi connectivity index (χ1n) is 1.65. The average molecular weight is 204 g/mol. The molecule has 0 amide bonds. The van der Waals surface area contributed by atoms with Gasteiger partial charge < -0.3 is 0 Å². The van der Waals surface area contributed by atoms with Gasteiger partial charge in [0.25, 0.3) is 5.92 Å². The SMILES string of the molecule is FC1(F)C[C@@H]1I. The van der Waals surface area contributed by atoms with E-state index in [0.717, 1.165) is 0 Å². The Kier molecular flexibility index (Phi) is 0.830. The van der Waals surface area contributed by atoms with E-state index in [0.29, 0.717) is 0 Å². The van der Waals surface area contributed by atoms with Crippen molar-refractivity contribution >= 4 is 22.6 Å². The quantitative estimate of drug-likeness (QED) is 0.417. The molecule has 1 aliphatic carbocycles. The van der Waals surface area contributed by atoms with Crippen LogP contribution in [0.1, 0.15) is 6.42 Å². The van der Waals surface area contributed by atoms with E-state index >= 15 is 0 Å². The number of halogens is 3. The predicted octanol–water partition coefficient (Wildman–Crippen LogP) is 1.83. The molecule has 36 valence electrons. The fourth-order valence-corrected chi connectivity index (χ4v) is 0.767. The molecule has 1 aliphatic rings. The van der Waals surface area contributed by atoms with Crippen molar-refractivity contribution in [2.75, 3.05) is 0 Å². The van der Waals surface area contributed by atoms with Crippen molar-refractivity contribution in [3.63, 3.8) is 0 Å². The van der Waals surface area contributed by atoms with E-state index < -0.39 is 5.92 Å². The Morgan fingerprint density at radius 2 is 1.83 bits per heavy atom. The van der Waals surface area contributed by atoms with E-state index in [4.69, 9.17) is 0 Å². The molecule has 0 nitrogen and oxygen atoms in total. The van der Waals surface area contributed by atoms with Gasteiger partial charge in [0.15, 0.2) is 0 Å². The topological polar surface area (TPSA) is 0 Å². The van der Waals surface area contributed by atoms with E-state index in [9.17, 15) is 8.78 Å². The standard InChI is InChI=1S/C3H3F2I/c4-3(5)1-2(3)6/h2H,1H2/t2-/m0/s1. The van der Waals surface area contributed by atoms with Gasteiger partial charge in [0, 0.05) is 6.42 Å². The maximum absolute atomic E-state index is 11.5. The maximum Gasteiger partial charge on any atom is 0.261 e. The molecule has 0 aliphatic heterocycles. The number of alkyl halides is 3. The number of hydrogen-bond donors (Lipinski definition) is 0. The summed E-state index contributed by atoms with van der Waals surface area (Å²) in [4.78, 5) is 0. The van der Waals surface area contributed by atoms with Crippen molar-refractivity contribution in [1.29, 1.82) is 0 Å². The van der Waals surface area contributed by atoms with E-state index in [-0.39, 0.29) is 10.3 Å². The Labute approximate surface area is 48.1 Å². The zero-order valence-corrected chi connectivity index (χ0v) is 5.08. The molecular weight excluding hydrogens is 201 g/mol. The summed E-state index contributed by atoms with van der Waals surface area (Å²) in [7, 11) is 0. The van der Waals surface area contributed by atoms with Crippen LogP contribution < -0.4 is 0 Å². The normalized spacial score (nSPS) is 39.5. The average Bonchev–Trinajstić information content (AvgIpc) is 1.73. The molecule has 1 fully saturated rings. The lowest BCUT2D eigenvalue weighted by atomic mass is 10.8. The van der Waals surface area contributed by atoms with Gasteiger partial charge in [0.1, 0.15) is 0 Å². The van der Waals surface area contributed by atoms with Crippen LogP contribution in [0, 0.1) is 0 Å². The molecule has 0 spiro atoms. The van der Waals surface area contributed by atoms with Crippen LogP contribution in [-0.2, 0) is 0 Å². The minimum absolute atomic E-state index is 0.0908. The van der Waals surface area contributed by atoms with Crippen molar-refractivity contribution < 1.29 is 8.78 Å². The zero-order chi connectivity index (χ0) is 4.78. The first kappa shape index (κ1) is 4.74. The summed E-state index contributed by atoms with van der Waals surface area (Å²) in [6.45, 7) is 0. The minimum Gasteiger partial charge on any atom is -0.206 e. The molecule has 0 aromatic carbocycles. The Bertz CT molecular complexity index is 71.2. The van der Waals surface area contributed by atoms with Gasteiger partial charge in [-0.15, -0.1) is 0 Å². The van der Waals surface area contributed by atoms with E-state index in [1.807, 2.05) is 0 Å². The molecule has 1 saturated carbocycles. The summed E-state index contributed by atoms with van der Waals surface area (Å²) < 4.78 is 22.7. The molecule has 6 heavy (non-hydrogen) atoms. The molecule has 0 N–H and O–H groups in total. The molecule has 1 rings (SSSR count). The fourth-order valence-electron chi connectivity index (χ4n) is 0.180. The Hall–Kier alpha value is 0.590. The predicted molar refractivity (Wildman–Crippen MR) is 27.4 cm³/mol. The number of rotatable bonds is 0. The van der Waals surface area contributed by atoms with Crippen LogP contribution in [0.25, 0.3) is 0 Å². The second kappa shape index (κ2) is 1.05. The van der Waals surface area contributed by atoms with Gasteiger partial charge >= 0.3 is 0 Å².